The van der Waals surface area contributed by atoms with E-state index in [1.165, 1.54) is 10.6 Å². The van der Waals surface area contributed by atoms with Crippen molar-refractivity contribution in [3.05, 3.63) is 66.5 Å². The Morgan fingerprint density at radius 1 is 0.907 bits per heavy atom. The smallest absolute Gasteiger partial charge is 0.256 e. The first kappa shape index (κ1) is 28.0. The number of rotatable bonds is 7. The molecule has 7 rings (SSSR count). The summed E-state index contributed by atoms with van der Waals surface area (Å²) in [6, 6.07) is 16.5. The minimum absolute atomic E-state index is 0.0577. The molecule has 1 aromatic heterocycles. The van der Waals surface area contributed by atoms with E-state index < -0.39 is 15.6 Å². The molecule has 0 N–H and O–H groups in total. The Kier molecular flexibility index (Phi) is 6.77. The molecule has 0 atom stereocenters. The predicted molar refractivity (Wildman–Crippen MR) is 164 cm³/mol. The van der Waals surface area contributed by atoms with Gasteiger partial charge in [0.05, 0.1) is 12.5 Å². The number of benzene rings is 2. The zero-order valence-electron chi connectivity index (χ0n) is 24.5. The van der Waals surface area contributed by atoms with Crippen molar-refractivity contribution in [1.82, 2.24) is 23.9 Å². The highest BCUT2D eigenvalue weighted by molar-refractivity contribution is 7.88. The first-order valence-electron chi connectivity index (χ1n) is 15.0. The van der Waals surface area contributed by atoms with Crippen molar-refractivity contribution in [2.24, 2.45) is 23.9 Å². The van der Waals surface area contributed by atoms with Crippen molar-refractivity contribution in [1.29, 1.82) is 0 Å². The lowest BCUT2D eigenvalue weighted by Gasteiger charge is -2.42. The molecule has 2 saturated heterocycles. The Morgan fingerprint density at radius 3 is 1.98 bits per heavy atom. The molecular formula is C32H36N6O4S. The van der Waals surface area contributed by atoms with Crippen molar-refractivity contribution >= 4 is 27.7 Å². The fourth-order valence-electron chi connectivity index (χ4n) is 6.51. The average Bonchev–Trinajstić information content (AvgIpc) is 3.69. The number of amides is 2. The maximum absolute atomic E-state index is 14.0. The fraction of sp³-hybridized carbons (Fsp3) is 0.438. The van der Waals surface area contributed by atoms with E-state index in [9.17, 15) is 18.0 Å². The maximum atomic E-state index is 14.0. The van der Waals surface area contributed by atoms with Gasteiger partial charge in [-0.05, 0) is 42.4 Å². The van der Waals surface area contributed by atoms with Gasteiger partial charge < -0.3 is 4.90 Å². The second-order valence-electron chi connectivity index (χ2n) is 12.5. The minimum Gasteiger partial charge on any atom is -0.342 e. The van der Waals surface area contributed by atoms with Crippen LogP contribution in [0.5, 0.6) is 0 Å². The van der Waals surface area contributed by atoms with Crippen LogP contribution in [0.15, 0.2) is 65.9 Å². The van der Waals surface area contributed by atoms with Gasteiger partial charge in [-0.2, -0.15) is 5.10 Å². The SMILES string of the molecule is Cn1cc(-c2ccc(-c3ccc(C4=NC5(CCN(S(C)(=O)=O)CC5)C(=O)N4CC4CN(C(=O)C5CC5)C4)cc3)cc2)cn1. The van der Waals surface area contributed by atoms with Gasteiger partial charge >= 0.3 is 0 Å². The Bertz CT molecular complexity index is 1690. The number of hydrogen-bond acceptors (Lipinski definition) is 6. The van der Waals surface area contributed by atoms with Crippen LogP contribution in [-0.2, 0) is 26.7 Å². The second-order valence-corrected chi connectivity index (χ2v) is 14.5. The molecule has 3 fully saturated rings. The number of sulfonamides is 1. The molecule has 1 saturated carbocycles. The summed E-state index contributed by atoms with van der Waals surface area (Å²) in [5, 5.41) is 4.26. The van der Waals surface area contributed by atoms with E-state index in [0.717, 1.165) is 40.7 Å². The van der Waals surface area contributed by atoms with Crippen LogP contribution in [0.2, 0.25) is 0 Å². The molecule has 1 spiro atoms. The van der Waals surface area contributed by atoms with Crippen LogP contribution in [0, 0.1) is 11.8 Å². The summed E-state index contributed by atoms with van der Waals surface area (Å²) in [4.78, 5) is 35.3. The van der Waals surface area contributed by atoms with Crippen LogP contribution in [0.1, 0.15) is 31.2 Å². The molecule has 43 heavy (non-hydrogen) atoms. The number of amidine groups is 1. The lowest BCUT2D eigenvalue weighted by Crippen LogP contribution is -2.57. The predicted octanol–water partition coefficient (Wildman–Crippen LogP) is 3.01. The quantitative estimate of drug-likeness (QED) is 0.415. The normalized spacial score (nSPS) is 20.9. The number of aliphatic imine (C=N–C) groups is 1. The van der Waals surface area contributed by atoms with Crippen LogP contribution in [0.4, 0.5) is 0 Å². The Balaban J connectivity index is 1.12. The van der Waals surface area contributed by atoms with Gasteiger partial charge in [0.15, 0.2) is 0 Å². The van der Waals surface area contributed by atoms with E-state index in [1.807, 2.05) is 36.5 Å². The summed E-state index contributed by atoms with van der Waals surface area (Å²) >= 11 is 0. The molecule has 3 aliphatic heterocycles. The number of likely N-dealkylation sites (tertiary alicyclic amines) is 1. The molecule has 4 heterocycles. The Labute approximate surface area is 252 Å². The molecule has 0 unspecified atom stereocenters. The van der Waals surface area contributed by atoms with Gasteiger partial charge in [0.2, 0.25) is 15.9 Å². The molecule has 0 radical (unpaired) electrons. The summed E-state index contributed by atoms with van der Waals surface area (Å²) in [5.41, 5.74) is 4.21. The van der Waals surface area contributed by atoms with Gasteiger partial charge in [-0.3, -0.25) is 24.2 Å². The van der Waals surface area contributed by atoms with Gasteiger partial charge in [0.25, 0.3) is 5.91 Å². The molecule has 3 aromatic rings. The topological polar surface area (TPSA) is 108 Å². The van der Waals surface area contributed by atoms with Gasteiger partial charge in [-0.1, -0.05) is 48.5 Å². The molecule has 11 heteroatoms. The fourth-order valence-corrected chi connectivity index (χ4v) is 7.36. The van der Waals surface area contributed by atoms with E-state index in [1.54, 1.807) is 9.58 Å². The molecule has 4 aliphatic rings. The van der Waals surface area contributed by atoms with Crippen LogP contribution in [0.25, 0.3) is 22.3 Å². The van der Waals surface area contributed by atoms with E-state index in [-0.39, 0.29) is 36.7 Å². The number of carbonyl (C=O) groups is 2. The summed E-state index contributed by atoms with van der Waals surface area (Å²) in [7, 11) is -1.43. The number of piperidine rings is 1. The molecule has 2 amide bonds. The molecule has 1 aliphatic carbocycles. The highest BCUT2D eigenvalue weighted by atomic mass is 32.2. The van der Waals surface area contributed by atoms with Crippen LogP contribution >= 0.6 is 0 Å². The summed E-state index contributed by atoms with van der Waals surface area (Å²) < 4.78 is 27.5. The standard InChI is InChI=1S/C32H36N6O4S/c1-35-21-28(17-33-35)25-5-3-23(4-6-25)24-7-9-26(10-8-24)29-34-32(13-15-37(16-14-32)43(2,41)42)31(40)38(29)20-22-18-36(19-22)30(39)27-11-12-27/h3-10,17,21-22,27H,11-16,18-20H2,1-2H3. The second kappa shape index (κ2) is 10.4. The zero-order valence-corrected chi connectivity index (χ0v) is 25.3. The van der Waals surface area contributed by atoms with E-state index in [0.29, 0.717) is 38.3 Å². The van der Waals surface area contributed by atoms with Gasteiger partial charge in [-0.15, -0.1) is 0 Å². The summed E-state index contributed by atoms with van der Waals surface area (Å²) in [6.45, 7) is 2.37. The van der Waals surface area contributed by atoms with E-state index in [4.69, 9.17) is 4.99 Å². The summed E-state index contributed by atoms with van der Waals surface area (Å²) in [5.74, 6) is 1.22. The number of aromatic nitrogens is 2. The minimum atomic E-state index is -3.33. The van der Waals surface area contributed by atoms with Crippen LogP contribution in [-0.4, -0.2) is 94.5 Å². The highest BCUT2D eigenvalue weighted by Gasteiger charge is 2.52. The third-order valence-electron chi connectivity index (χ3n) is 9.27. The van der Waals surface area contributed by atoms with Gasteiger partial charge in [-0.25, -0.2) is 12.7 Å². The van der Waals surface area contributed by atoms with Crippen molar-refractivity contribution in [2.45, 2.75) is 31.2 Å². The lowest BCUT2D eigenvalue weighted by molar-refractivity contribution is -0.140. The van der Waals surface area contributed by atoms with Crippen LogP contribution in [0.3, 0.4) is 0 Å². The van der Waals surface area contributed by atoms with Crippen molar-refractivity contribution in [2.75, 3.05) is 39.0 Å². The largest absolute Gasteiger partial charge is 0.342 e. The third-order valence-corrected chi connectivity index (χ3v) is 10.6. The third kappa shape index (κ3) is 5.29. The number of hydrogen-bond donors (Lipinski definition) is 0. The number of aryl methyl sites for hydroxylation is 1. The first-order chi connectivity index (χ1) is 20.6. The van der Waals surface area contributed by atoms with Gasteiger partial charge in [0, 0.05) is 68.9 Å². The van der Waals surface area contributed by atoms with E-state index in [2.05, 4.69) is 41.5 Å². The lowest BCUT2D eigenvalue weighted by atomic mass is 9.88. The molecule has 224 valence electrons. The average molecular weight is 601 g/mol. The van der Waals surface area contributed by atoms with Gasteiger partial charge in [0.1, 0.15) is 11.4 Å². The maximum Gasteiger partial charge on any atom is 0.256 e. The monoisotopic (exact) mass is 600 g/mol. The molecule has 0 bridgehead atoms. The molecule has 10 nitrogen and oxygen atoms in total. The van der Waals surface area contributed by atoms with E-state index >= 15 is 0 Å². The van der Waals surface area contributed by atoms with Crippen molar-refractivity contribution in [3.63, 3.8) is 0 Å². The first-order valence-corrected chi connectivity index (χ1v) is 16.8. The molecular weight excluding hydrogens is 564 g/mol. The molecule has 2 aromatic carbocycles. The van der Waals surface area contributed by atoms with Crippen molar-refractivity contribution in [3.8, 4) is 22.3 Å². The zero-order chi connectivity index (χ0) is 29.9. The highest BCUT2D eigenvalue weighted by Crippen LogP contribution is 2.38. The van der Waals surface area contributed by atoms with Crippen LogP contribution < -0.4 is 0 Å². The van der Waals surface area contributed by atoms with Crippen molar-refractivity contribution < 1.29 is 18.0 Å². The number of carbonyl (C=O) groups excluding carboxylic acids is 2. The Morgan fingerprint density at radius 2 is 1.47 bits per heavy atom. The number of nitrogens with zero attached hydrogens (tertiary/aromatic N) is 6. The Hall–Kier alpha value is -3.83. The summed E-state index contributed by atoms with van der Waals surface area (Å²) in [6.07, 6.45) is 7.74.